The van der Waals surface area contributed by atoms with Gasteiger partial charge in [-0.2, -0.15) is 0 Å². The molecule has 0 saturated heterocycles. The minimum absolute atomic E-state index is 0.0420. The van der Waals surface area contributed by atoms with Crippen molar-refractivity contribution >= 4 is 27.5 Å². The molecule has 0 fully saturated rings. The highest BCUT2D eigenvalue weighted by Gasteiger charge is 2.34. The average molecular weight is 500 g/mol. The van der Waals surface area contributed by atoms with Crippen molar-refractivity contribution in [2.45, 2.75) is 31.3 Å². The Balaban J connectivity index is 1.87. The van der Waals surface area contributed by atoms with Crippen LogP contribution in [0.2, 0.25) is 0 Å². The first-order chi connectivity index (χ1) is 16.7. The Morgan fingerprint density at radius 3 is 2.26 bits per heavy atom. The van der Waals surface area contributed by atoms with Gasteiger partial charge < -0.3 is 14.5 Å². The third-order valence-electron chi connectivity index (χ3n) is 5.28. The van der Waals surface area contributed by atoms with E-state index in [2.05, 4.69) is 10.0 Å². The molecule has 1 aromatic heterocycles. The van der Waals surface area contributed by atoms with Crippen molar-refractivity contribution in [2.75, 3.05) is 18.6 Å². The molecule has 0 bridgehead atoms. The summed E-state index contributed by atoms with van der Waals surface area (Å²) in [5.74, 6) is -0.121. The molecular weight excluding hydrogens is 470 g/mol. The fourth-order valence-corrected chi connectivity index (χ4v) is 4.53. The van der Waals surface area contributed by atoms with Crippen molar-refractivity contribution in [3.8, 4) is 5.75 Å². The second kappa shape index (κ2) is 11.7. The van der Waals surface area contributed by atoms with Gasteiger partial charge in [0.15, 0.2) is 0 Å². The quantitative estimate of drug-likeness (QED) is 0.419. The Labute approximate surface area is 205 Å². The monoisotopic (exact) mass is 499 g/mol. The molecule has 0 aliphatic rings. The van der Waals surface area contributed by atoms with Gasteiger partial charge in [0, 0.05) is 5.69 Å². The molecular formula is C25H29N3O6S. The first-order valence-corrected chi connectivity index (χ1v) is 12.5. The summed E-state index contributed by atoms with van der Waals surface area (Å²) in [4.78, 5) is 28.0. The molecule has 10 heteroatoms. The van der Waals surface area contributed by atoms with Gasteiger partial charge in [-0.15, -0.1) is 0 Å². The molecule has 2 amide bonds. The molecule has 186 valence electrons. The van der Waals surface area contributed by atoms with E-state index in [0.717, 1.165) is 0 Å². The third-order valence-corrected chi connectivity index (χ3v) is 6.70. The Kier molecular flexibility index (Phi) is 8.67. The second-order valence-corrected chi connectivity index (χ2v) is 9.85. The van der Waals surface area contributed by atoms with Crippen LogP contribution in [0.15, 0.2) is 82.3 Å². The zero-order chi connectivity index (χ0) is 25.4. The molecule has 0 saturated carbocycles. The molecule has 0 radical (unpaired) electrons. The number of amides is 2. The van der Waals surface area contributed by atoms with Gasteiger partial charge in [0.05, 0.1) is 31.4 Å². The maximum atomic E-state index is 13.4. The zero-order valence-corrected chi connectivity index (χ0v) is 20.6. The van der Waals surface area contributed by atoms with Crippen molar-refractivity contribution in [1.82, 2.24) is 10.0 Å². The van der Waals surface area contributed by atoms with Gasteiger partial charge in [-0.1, -0.05) is 32.0 Å². The van der Waals surface area contributed by atoms with Gasteiger partial charge in [0.2, 0.25) is 21.8 Å². The van der Waals surface area contributed by atoms with Crippen LogP contribution in [0, 0.1) is 5.92 Å². The zero-order valence-electron chi connectivity index (χ0n) is 19.8. The summed E-state index contributed by atoms with van der Waals surface area (Å²) >= 11 is 0. The number of hydrogen-bond donors (Lipinski definition) is 2. The molecule has 3 aromatic rings. The van der Waals surface area contributed by atoms with Crippen molar-refractivity contribution in [2.24, 2.45) is 5.92 Å². The lowest BCUT2D eigenvalue weighted by atomic mass is 10.00. The lowest BCUT2D eigenvalue weighted by Crippen LogP contribution is -2.54. The van der Waals surface area contributed by atoms with E-state index in [-0.39, 0.29) is 17.4 Å². The molecule has 2 N–H and O–H groups in total. The SMILES string of the molecule is COc1ccc(N(C(=O)CNS(=O)(=O)c2ccccc2)[C@H](C(=O)NCc2ccco2)C(C)C)cc1. The Bertz CT molecular complexity index is 1210. The molecule has 35 heavy (non-hydrogen) atoms. The number of nitrogens with one attached hydrogen (secondary N) is 2. The summed E-state index contributed by atoms with van der Waals surface area (Å²) in [5, 5.41) is 2.80. The normalized spacial score (nSPS) is 12.2. The number of anilines is 1. The van der Waals surface area contributed by atoms with Crippen LogP contribution >= 0.6 is 0 Å². The van der Waals surface area contributed by atoms with Crippen molar-refractivity contribution in [3.05, 3.63) is 78.8 Å². The van der Waals surface area contributed by atoms with Gasteiger partial charge in [0.25, 0.3) is 0 Å². The standard InChI is InChI=1S/C25H29N3O6S/c1-18(2)24(25(30)26-16-21-8-7-15-34-21)28(19-11-13-20(33-3)14-12-19)23(29)17-27-35(31,32)22-9-5-4-6-10-22/h4-15,18,24,27H,16-17H2,1-3H3,(H,26,30)/t24-/m0/s1. The molecule has 1 heterocycles. The van der Waals surface area contributed by atoms with Crippen molar-refractivity contribution in [3.63, 3.8) is 0 Å². The summed E-state index contributed by atoms with van der Waals surface area (Å²) in [5.41, 5.74) is 0.432. The highest BCUT2D eigenvalue weighted by molar-refractivity contribution is 7.89. The van der Waals surface area contributed by atoms with Crippen molar-refractivity contribution < 1.29 is 27.2 Å². The van der Waals surface area contributed by atoms with E-state index in [1.54, 1.807) is 54.6 Å². The molecule has 1 atom stereocenters. The van der Waals surface area contributed by atoms with Gasteiger partial charge in [-0.25, -0.2) is 13.1 Å². The Morgan fingerprint density at radius 1 is 1.00 bits per heavy atom. The van der Waals surface area contributed by atoms with Crippen LogP contribution in [0.1, 0.15) is 19.6 Å². The van der Waals surface area contributed by atoms with E-state index in [1.807, 2.05) is 13.8 Å². The molecule has 0 aliphatic carbocycles. The summed E-state index contributed by atoms with van der Waals surface area (Å²) in [7, 11) is -2.40. The number of furan rings is 1. The summed E-state index contributed by atoms with van der Waals surface area (Å²) in [6, 6.07) is 16.9. The molecule has 3 rings (SSSR count). The third kappa shape index (κ3) is 6.71. The van der Waals surface area contributed by atoms with E-state index >= 15 is 0 Å². The van der Waals surface area contributed by atoms with E-state index < -0.39 is 34.4 Å². The number of carbonyl (C=O) groups excluding carboxylic acids is 2. The number of rotatable bonds is 11. The number of nitrogens with zero attached hydrogens (tertiary/aromatic N) is 1. The number of benzene rings is 2. The summed E-state index contributed by atoms with van der Waals surface area (Å²) < 4.78 is 38.1. The van der Waals surface area contributed by atoms with Crippen LogP contribution < -0.4 is 19.7 Å². The largest absolute Gasteiger partial charge is 0.497 e. The number of methoxy groups -OCH3 is 1. The van der Waals surface area contributed by atoms with E-state index in [9.17, 15) is 18.0 Å². The summed E-state index contributed by atoms with van der Waals surface area (Å²) in [6.07, 6.45) is 1.51. The smallest absolute Gasteiger partial charge is 0.243 e. The fraction of sp³-hybridized carbons (Fsp3) is 0.280. The van der Waals surface area contributed by atoms with Crippen LogP contribution in [-0.2, 0) is 26.2 Å². The van der Waals surface area contributed by atoms with Crippen LogP contribution in [0.25, 0.3) is 0 Å². The predicted octanol–water partition coefficient (Wildman–Crippen LogP) is 2.94. The molecule has 0 aliphatic heterocycles. The number of ether oxygens (including phenoxy) is 1. The van der Waals surface area contributed by atoms with Crippen molar-refractivity contribution in [1.29, 1.82) is 0 Å². The van der Waals surface area contributed by atoms with E-state index in [4.69, 9.17) is 9.15 Å². The van der Waals surface area contributed by atoms with Gasteiger partial charge in [-0.05, 0) is 54.4 Å². The molecule has 9 nitrogen and oxygen atoms in total. The minimum Gasteiger partial charge on any atom is -0.497 e. The van der Waals surface area contributed by atoms with Crippen LogP contribution in [0.3, 0.4) is 0 Å². The van der Waals surface area contributed by atoms with Crippen LogP contribution in [0.4, 0.5) is 5.69 Å². The summed E-state index contributed by atoms with van der Waals surface area (Å²) in [6.45, 7) is 3.25. The lowest BCUT2D eigenvalue weighted by molar-refractivity contribution is -0.127. The fourth-order valence-electron chi connectivity index (χ4n) is 3.54. The average Bonchev–Trinajstić information content (AvgIpc) is 3.38. The maximum Gasteiger partial charge on any atom is 0.243 e. The van der Waals surface area contributed by atoms with Crippen LogP contribution in [0.5, 0.6) is 5.75 Å². The Morgan fingerprint density at radius 2 is 1.69 bits per heavy atom. The topological polar surface area (TPSA) is 118 Å². The van der Waals surface area contributed by atoms with Gasteiger partial charge in [-0.3, -0.25) is 14.5 Å². The maximum absolute atomic E-state index is 13.4. The number of hydrogen-bond acceptors (Lipinski definition) is 6. The number of carbonyl (C=O) groups is 2. The van der Waals surface area contributed by atoms with Gasteiger partial charge >= 0.3 is 0 Å². The van der Waals surface area contributed by atoms with Crippen LogP contribution in [-0.4, -0.2) is 39.9 Å². The first kappa shape index (κ1) is 26.0. The Hall–Kier alpha value is -3.63. The number of sulfonamides is 1. The predicted molar refractivity (Wildman–Crippen MR) is 131 cm³/mol. The lowest BCUT2D eigenvalue weighted by Gasteiger charge is -2.33. The highest BCUT2D eigenvalue weighted by Crippen LogP contribution is 2.25. The van der Waals surface area contributed by atoms with E-state index in [1.165, 1.54) is 30.4 Å². The highest BCUT2D eigenvalue weighted by atomic mass is 32.2. The molecule has 0 spiro atoms. The van der Waals surface area contributed by atoms with E-state index in [0.29, 0.717) is 17.2 Å². The molecule has 2 aromatic carbocycles. The minimum atomic E-state index is -3.92. The first-order valence-electron chi connectivity index (χ1n) is 11.0. The molecule has 0 unspecified atom stereocenters. The second-order valence-electron chi connectivity index (χ2n) is 8.09. The van der Waals surface area contributed by atoms with Gasteiger partial charge in [0.1, 0.15) is 17.6 Å².